The molecule has 1 saturated heterocycles. The summed E-state index contributed by atoms with van der Waals surface area (Å²) in [5, 5.41) is 9.96. The molecule has 0 unspecified atom stereocenters. The molecular weight excluding hydrogens is 268 g/mol. The lowest BCUT2D eigenvalue weighted by molar-refractivity contribution is -0.137. The highest BCUT2D eigenvalue weighted by atomic mass is 16.5. The van der Waals surface area contributed by atoms with Gasteiger partial charge in [-0.15, -0.1) is 0 Å². The Bertz CT molecular complexity index is 349. The summed E-state index contributed by atoms with van der Waals surface area (Å²) in [6.45, 7) is 4.33. The molecule has 0 saturated carbocycles. The zero-order valence-electron chi connectivity index (χ0n) is 13.2. The molecule has 0 radical (unpaired) electrons. The summed E-state index contributed by atoms with van der Waals surface area (Å²) in [7, 11) is 0. The zero-order valence-corrected chi connectivity index (χ0v) is 13.2. The van der Waals surface area contributed by atoms with Gasteiger partial charge in [-0.25, -0.2) is 4.79 Å². The van der Waals surface area contributed by atoms with Gasteiger partial charge in [-0.2, -0.15) is 0 Å². The van der Waals surface area contributed by atoms with Gasteiger partial charge in [-0.1, -0.05) is 38.0 Å². The second kappa shape index (κ2) is 10.6. The van der Waals surface area contributed by atoms with E-state index in [1.54, 1.807) is 13.0 Å². The normalized spacial score (nSPS) is 26.0. The molecule has 0 aromatic rings. The molecule has 1 aliphatic heterocycles. The van der Waals surface area contributed by atoms with E-state index in [9.17, 15) is 9.90 Å². The Morgan fingerprint density at radius 3 is 2.86 bits per heavy atom. The molecule has 0 amide bonds. The molecule has 1 heterocycles. The SMILES string of the molecule is CCCCC/C=C/[C@H]1C[C@H](O)[C@H](C/C=C/C(=O)OCC)O1. The first-order chi connectivity index (χ1) is 10.2. The molecule has 0 aromatic heterocycles. The van der Waals surface area contributed by atoms with Gasteiger partial charge in [0.25, 0.3) is 0 Å². The number of allylic oxidation sites excluding steroid dienone is 1. The molecule has 120 valence electrons. The number of unbranched alkanes of at least 4 members (excludes halogenated alkanes) is 3. The van der Waals surface area contributed by atoms with Crippen LogP contribution >= 0.6 is 0 Å². The predicted octanol–water partition coefficient (Wildman–Crippen LogP) is 3.15. The monoisotopic (exact) mass is 296 g/mol. The van der Waals surface area contributed by atoms with Crippen LogP contribution in [0.4, 0.5) is 0 Å². The summed E-state index contributed by atoms with van der Waals surface area (Å²) in [5.74, 6) is -0.350. The van der Waals surface area contributed by atoms with Crippen molar-refractivity contribution in [3.63, 3.8) is 0 Å². The van der Waals surface area contributed by atoms with Crippen LogP contribution in [0.5, 0.6) is 0 Å². The first kappa shape index (κ1) is 17.9. The van der Waals surface area contributed by atoms with Crippen molar-refractivity contribution < 1.29 is 19.4 Å². The summed E-state index contributed by atoms with van der Waals surface area (Å²) in [4.78, 5) is 11.2. The highest BCUT2D eigenvalue weighted by molar-refractivity contribution is 5.81. The Hall–Kier alpha value is -1.13. The number of rotatable bonds is 9. The minimum Gasteiger partial charge on any atom is -0.463 e. The van der Waals surface area contributed by atoms with Crippen LogP contribution in [0.1, 0.15) is 52.4 Å². The van der Waals surface area contributed by atoms with Gasteiger partial charge in [0.05, 0.1) is 24.9 Å². The number of aliphatic hydroxyl groups excluding tert-OH is 1. The van der Waals surface area contributed by atoms with E-state index >= 15 is 0 Å². The summed E-state index contributed by atoms with van der Waals surface area (Å²) in [6.07, 6.45) is 12.5. The Labute approximate surface area is 127 Å². The third kappa shape index (κ3) is 7.44. The molecule has 0 bridgehead atoms. The molecule has 0 aliphatic carbocycles. The number of carbonyl (C=O) groups excluding carboxylic acids is 1. The minimum atomic E-state index is -0.470. The van der Waals surface area contributed by atoms with E-state index in [1.807, 2.05) is 6.08 Å². The molecule has 4 heteroatoms. The average molecular weight is 296 g/mol. The van der Waals surface area contributed by atoms with Crippen molar-refractivity contribution in [1.29, 1.82) is 0 Å². The Morgan fingerprint density at radius 2 is 2.14 bits per heavy atom. The highest BCUT2D eigenvalue weighted by Crippen LogP contribution is 2.24. The number of esters is 1. The number of ether oxygens (including phenoxy) is 2. The number of hydrogen-bond acceptors (Lipinski definition) is 4. The molecule has 1 rings (SSSR count). The summed E-state index contributed by atoms with van der Waals surface area (Å²) < 4.78 is 10.6. The minimum absolute atomic E-state index is 0.0115. The fourth-order valence-corrected chi connectivity index (χ4v) is 2.35. The highest BCUT2D eigenvalue weighted by Gasteiger charge is 2.31. The van der Waals surface area contributed by atoms with Crippen LogP contribution in [0.2, 0.25) is 0 Å². The van der Waals surface area contributed by atoms with Crippen molar-refractivity contribution in [2.75, 3.05) is 6.61 Å². The van der Waals surface area contributed by atoms with Gasteiger partial charge in [-0.05, 0) is 26.2 Å². The van der Waals surface area contributed by atoms with Crippen LogP contribution in [0, 0.1) is 0 Å². The summed E-state index contributed by atoms with van der Waals surface area (Å²) >= 11 is 0. The van der Waals surface area contributed by atoms with Crippen molar-refractivity contribution in [3.8, 4) is 0 Å². The molecule has 1 N–H and O–H groups in total. The fourth-order valence-electron chi connectivity index (χ4n) is 2.35. The van der Waals surface area contributed by atoms with E-state index in [1.165, 1.54) is 25.3 Å². The van der Waals surface area contributed by atoms with Crippen molar-refractivity contribution in [2.45, 2.75) is 70.7 Å². The lowest BCUT2D eigenvalue weighted by Gasteiger charge is -2.11. The summed E-state index contributed by atoms with van der Waals surface area (Å²) in [6, 6.07) is 0. The van der Waals surface area contributed by atoms with Gasteiger partial charge in [0.2, 0.25) is 0 Å². The van der Waals surface area contributed by atoms with Crippen LogP contribution in [-0.2, 0) is 14.3 Å². The number of hydrogen-bond donors (Lipinski definition) is 1. The standard InChI is InChI=1S/C17H28O4/c1-3-5-6-7-8-10-14-13-15(18)16(21-14)11-9-12-17(19)20-4-2/h8-10,12,14-16,18H,3-7,11,13H2,1-2H3/b10-8+,12-9+/t14-,15-,16-/m0/s1. The van der Waals surface area contributed by atoms with E-state index in [0.717, 1.165) is 6.42 Å². The molecule has 0 aromatic carbocycles. The maximum absolute atomic E-state index is 11.2. The van der Waals surface area contributed by atoms with Crippen LogP contribution in [0.3, 0.4) is 0 Å². The van der Waals surface area contributed by atoms with Crippen LogP contribution in [-0.4, -0.2) is 36.0 Å². The van der Waals surface area contributed by atoms with Crippen molar-refractivity contribution in [2.24, 2.45) is 0 Å². The third-order valence-corrected chi connectivity index (χ3v) is 3.49. The predicted molar refractivity (Wildman–Crippen MR) is 83.0 cm³/mol. The number of carbonyl (C=O) groups is 1. The molecule has 21 heavy (non-hydrogen) atoms. The molecule has 4 nitrogen and oxygen atoms in total. The van der Waals surface area contributed by atoms with E-state index in [2.05, 4.69) is 13.0 Å². The quantitative estimate of drug-likeness (QED) is 0.307. The van der Waals surface area contributed by atoms with Gasteiger partial charge in [0, 0.05) is 12.5 Å². The van der Waals surface area contributed by atoms with Crippen molar-refractivity contribution >= 4 is 5.97 Å². The lowest BCUT2D eigenvalue weighted by Crippen LogP contribution is -2.19. The maximum Gasteiger partial charge on any atom is 0.330 e. The molecule has 1 aliphatic rings. The van der Waals surface area contributed by atoms with Gasteiger partial charge < -0.3 is 14.6 Å². The first-order valence-corrected chi connectivity index (χ1v) is 8.00. The largest absolute Gasteiger partial charge is 0.463 e. The topological polar surface area (TPSA) is 55.8 Å². The molecular formula is C17H28O4. The fraction of sp³-hybridized carbons (Fsp3) is 0.706. The smallest absolute Gasteiger partial charge is 0.330 e. The van der Waals surface area contributed by atoms with E-state index in [-0.39, 0.29) is 18.2 Å². The van der Waals surface area contributed by atoms with Crippen molar-refractivity contribution in [1.82, 2.24) is 0 Å². The first-order valence-electron chi connectivity index (χ1n) is 8.00. The van der Waals surface area contributed by atoms with Gasteiger partial charge in [-0.3, -0.25) is 0 Å². The molecule has 1 fully saturated rings. The number of aliphatic hydroxyl groups is 1. The van der Waals surface area contributed by atoms with Crippen LogP contribution in [0.15, 0.2) is 24.3 Å². The Kier molecular flexibility index (Phi) is 9.02. The van der Waals surface area contributed by atoms with Crippen LogP contribution < -0.4 is 0 Å². The second-order valence-corrected chi connectivity index (χ2v) is 5.33. The summed E-state index contributed by atoms with van der Waals surface area (Å²) in [5.41, 5.74) is 0. The van der Waals surface area contributed by atoms with Crippen molar-refractivity contribution in [3.05, 3.63) is 24.3 Å². The molecule has 0 spiro atoms. The van der Waals surface area contributed by atoms with E-state index < -0.39 is 6.10 Å². The molecule has 3 atom stereocenters. The Morgan fingerprint density at radius 1 is 1.33 bits per heavy atom. The van der Waals surface area contributed by atoms with Gasteiger partial charge >= 0.3 is 5.97 Å². The zero-order chi connectivity index (χ0) is 15.5. The lowest BCUT2D eigenvalue weighted by atomic mass is 10.1. The third-order valence-electron chi connectivity index (χ3n) is 3.49. The average Bonchev–Trinajstić information content (AvgIpc) is 2.79. The van der Waals surface area contributed by atoms with Crippen LogP contribution in [0.25, 0.3) is 0 Å². The maximum atomic E-state index is 11.2. The van der Waals surface area contributed by atoms with Gasteiger partial charge in [0.1, 0.15) is 0 Å². The van der Waals surface area contributed by atoms with E-state index in [0.29, 0.717) is 19.4 Å². The van der Waals surface area contributed by atoms with Gasteiger partial charge in [0.15, 0.2) is 0 Å². The second-order valence-electron chi connectivity index (χ2n) is 5.33. The Balaban J connectivity index is 2.27. The van der Waals surface area contributed by atoms with E-state index in [4.69, 9.17) is 9.47 Å².